The third-order valence-electron chi connectivity index (χ3n) is 2.53. The van der Waals surface area contributed by atoms with Crippen molar-refractivity contribution in [1.82, 2.24) is 4.98 Å². The number of rotatable bonds is 3. The Morgan fingerprint density at radius 1 is 1.53 bits per heavy atom. The number of hydrogen-bond acceptors (Lipinski definition) is 4. The summed E-state index contributed by atoms with van der Waals surface area (Å²) in [6.07, 6.45) is 3.70. The second-order valence-electron chi connectivity index (χ2n) is 3.72. The standard InChI is InChI=1S/C11H12N2O4/c14-10(9-2-1-5-17-9)13-8-6-12-4-3-7(8)11(15)16/h3-4,6,9H,1-2,5H2,(H,13,14)(H,15,16)/t9-/m0/s1. The molecule has 0 unspecified atom stereocenters. The fourth-order valence-corrected chi connectivity index (χ4v) is 1.68. The number of nitrogens with zero attached hydrogens (tertiary/aromatic N) is 1. The van der Waals surface area contributed by atoms with E-state index in [4.69, 9.17) is 9.84 Å². The smallest absolute Gasteiger partial charge is 0.337 e. The third-order valence-corrected chi connectivity index (χ3v) is 2.53. The van der Waals surface area contributed by atoms with E-state index in [1.807, 2.05) is 0 Å². The van der Waals surface area contributed by atoms with E-state index in [9.17, 15) is 9.59 Å². The highest BCUT2D eigenvalue weighted by atomic mass is 16.5. The molecule has 90 valence electrons. The van der Waals surface area contributed by atoms with E-state index in [0.717, 1.165) is 6.42 Å². The summed E-state index contributed by atoms with van der Waals surface area (Å²) in [6, 6.07) is 1.34. The molecule has 0 saturated carbocycles. The first-order chi connectivity index (χ1) is 8.18. The van der Waals surface area contributed by atoms with Gasteiger partial charge in [0.25, 0.3) is 5.91 Å². The summed E-state index contributed by atoms with van der Waals surface area (Å²) in [4.78, 5) is 26.4. The van der Waals surface area contributed by atoms with Crippen molar-refractivity contribution in [2.75, 3.05) is 11.9 Å². The van der Waals surface area contributed by atoms with Gasteiger partial charge in [-0.1, -0.05) is 0 Å². The molecule has 1 saturated heterocycles. The number of carbonyl (C=O) groups excluding carboxylic acids is 1. The predicted molar refractivity (Wildman–Crippen MR) is 58.8 cm³/mol. The molecule has 1 aromatic heterocycles. The van der Waals surface area contributed by atoms with Gasteiger partial charge in [-0.25, -0.2) is 4.79 Å². The Morgan fingerprint density at radius 3 is 3.00 bits per heavy atom. The Balaban J connectivity index is 2.12. The van der Waals surface area contributed by atoms with Gasteiger partial charge in [-0.2, -0.15) is 0 Å². The van der Waals surface area contributed by atoms with Crippen molar-refractivity contribution in [2.24, 2.45) is 0 Å². The Kier molecular flexibility index (Phi) is 3.34. The molecule has 1 aliphatic rings. The van der Waals surface area contributed by atoms with E-state index < -0.39 is 12.1 Å². The SMILES string of the molecule is O=C(O)c1ccncc1NC(=O)[C@@H]1CCCO1. The maximum absolute atomic E-state index is 11.7. The molecule has 0 spiro atoms. The fraction of sp³-hybridized carbons (Fsp3) is 0.364. The van der Waals surface area contributed by atoms with E-state index in [2.05, 4.69) is 10.3 Å². The van der Waals surface area contributed by atoms with Crippen LogP contribution in [0.5, 0.6) is 0 Å². The summed E-state index contributed by atoms with van der Waals surface area (Å²) >= 11 is 0. The van der Waals surface area contributed by atoms with Gasteiger partial charge in [0.2, 0.25) is 0 Å². The highest BCUT2D eigenvalue weighted by molar-refractivity contribution is 6.01. The lowest BCUT2D eigenvalue weighted by Gasteiger charge is -2.11. The summed E-state index contributed by atoms with van der Waals surface area (Å²) in [6.45, 7) is 0.566. The number of carboxylic acid groups (broad SMARTS) is 1. The summed E-state index contributed by atoms with van der Waals surface area (Å²) in [5.74, 6) is -1.42. The molecule has 1 amide bonds. The topological polar surface area (TPSA) is 88.5 Å². The number of nitrogens with one attached hydrogen (secondary N) is 1. The first-order valence-electron chi connectivity index (χ1n) is 5.28. The molecule has 6 heteroatoms. The predicted octanol–water partition coefficient (Wildman–Crippen LogP) is 0.897. The van der Waals surface area contributed by atoms with Gasteiger partial charge in [-0.3, -0.25) is 9.78 Å². The average molecular weight is 236 g/mol. The van der Waals surface area contributed by atoms with Crippen molar-refractivity contribution in [3.05, 3.63) is 24.0 Å². The number of aromatic carboxylic acids is 1. The van der Waals surface area contributed by atoms with Crippen LogP contribution in [0, 0.1) is 0 Å². The molecule has 1 atom stereocenters. The number of amides is 1. The molecule has 0 radical (unpaired) electrons. The minimum absolute atomic E-state index is 0.0198. The number of anilines is 1. The van der Waals surface area contributed by atoms with E-state index >= 15 is 0 Å². The van der Waals surface area contributed by atoms with Crippen molar-refractivity contribution in [1.29, 1.82) is 0 Å². The van der Waals surface area contributed by atoms with Crippen LogP contribution in [0.3, 0.4) is 0 Å². The molecular formula is C11H12N2O4. The average Bonchev–Trinajstić information content (AvgIpc) is 2.83. The largest absolute Gasteiger partial charge is 0.478 e. The van der Waals surface area contributed by atoms with Crippen LogP contribution in [0.4, 0.5) is 5.69 Å². The monoisotopic (exact) mass is 236 g/mol. The van der Waals surface area contributed by atoms with E-state index in [1.54, 1.807) is 0 Å². The zero-order valence-corrected chi connectivity index (χ0v) is 9.05. The quantitative estimate of drug-likeness (QED) is 0.813. The lowest BCUT2D eigenvalue weighted by atomic mass is 10.2. The van der Waals surface area contributed by atoms with Crippen molar-refractivity contribution in [2.45, 2.75) is 18.9 Å². The third kappa shape index (κ3) is 2.59. The van der Waals surface area contributed by atoms with Crippen molar-refractivity contribution >= 4 is 17.6 Å². The van der Waals surface area contributed by atoms with E-state index in [-0.39, 0.29) is 17.2 Å². The zero-order chi connectivity index (χ0) is 12.3. The summed E-state index contributed by atoms with van der Waals surface area (Å²) < 4.78 is 5.21. The second-order valence-corrected chi connectivity index (χ2v) is 3.72. The van der Waals surface area contributed by atoms with Gasteiger partial charge in [0, 0.05) is 12.8 Å². The van der Waals surface area contributed by atoms with Crippen LogP contribution in [0.15, 0.2) is 18.5 Å². The van der Waals surface area contributed by atoms with Gasteiger partial charge < -0.3 is 15.2 Å². The Labute approximate surface area is 97.6 Å². The molecule has 1 aliphatic heterocycles. The van der Waals surface area contributed by atoms with Crippen molar-refractivity contribution in [3.8, 4) is 0 Å². The number of carbonyl (C=O) groups is 2. The first-order valence-corrected chi connectivity index (χ1v) is 5.28. The van der Waals surface area contributed by atoms with E-state index in [1.165, 1.54) is 18.5 Å². The minimum Gasteiger partial charge on any atom is -0.478 e. The molecule has 2 heterocycles. The lowest BCUT2D eigenvalue weighted by molar-refractivity contribution is -0.124. The fourth-order valence-electron chi connectivity index (χ4n) is 1.68. The number of aromatic nitrogens is 1. The number of pyridine rings is 1. The number of hydrogen-bond donors (Lipinski definition) is 2. The number of carboxylic acids is 1. The van der Waals surface area contributed by atoms with Crippen LogP contribution in [-0.2, 0) is 9.53 Å². The minimum atomic E-state index is -1.10. The lowest BCUT2D eigenvalue weighted by Crippen LogP contribution is -2.27. The van der Waals surface area contributed by atoms with Crippen molar-refractivity contribution < 1.29 is 19.4 Å². The maximum Gasteiger partial charge on any atom is 0.337 e. The highest BCUT2D eigenvalue weighted by Crippen LogP contribution is 2.17. The summed E-state index contributed by atoms with van der Waals surface area (Å²) in [7, 11) is 0. The van der Waals surface area contributed by atoms with E-state index in [0.29, 0.717) is 13.0 Å². The summed E-state index contributed by atoms with van der Waals surface area (Å²) in [5, 5.41) is 11.5. The van der Waals surface area contributed by atoms with Crippen LogP contribution in [0.1, 0.15) is 23.2 Å². The van der Waals surface area contributed by atoms with Crippen LogP contribution in [-0.4, -0.2) is 34.7 Å². The zero-order valence-electron chi connectivity index (χ0n) is 9.05. The Bertz CT molecular complexity index is 441. The molecule has 1 fully saturated rings. The van der Waals surface area contributed by atoms with Crippen LogP contribution < -0.4 is 5.32 Å². The first kappa shape index (κ1) is 11.5. The molecule has 1 aromatic rings. The summed E-state index contributed by atoms with van der Waals surface area (Å²) in [5.41, 5.74) is 0.215. The maximum atomic E-state index is 11.7. The van der Waals surface area contributed by atoms with Gasteiger partial charge in [-0.15, -0.1) is 0 Å². The van der Waals surface area contributed by atoms with Gasteiger partial charge in [-0.05, 0) is 18.9 Å². The van der Waals surface area contributed by atoms with Gasteiger partial charge in [0.15, 0.2) is 0 Å². The Hall–Kier alpha value is -1.95. The van der Waals surface area contributed by atoms with Gasteiger partial charge >= 0.3 is 5.97 Å². The molecule has 2 N–H and O–H groups in total. The molecule has 6 nitrogen and oxygen atoms in total. The molecule has 17 heavy (non-hydrogen) atoms. The Morgan fingerprint density at radius 2 is 2.35 bits per heavy atom. The molecule has 0 aromatic carbocycles. The van der Waals surface area contributed by atoms with Crippen LogP contribution in [0.25, 0.3) is 0 Å². The molecule has 2 rings (SSSR count). The van der Waals surface area contributed by atoms with Crippen molar-refractivity contribution in [3.63, 3.8) is 0 Å². The van der Waals surface area contributed by atoms with Crippen LogP contribution in [0.2, 0.25) is 0 Å². The number of ether oxygens (including phenoxy) is 1. The van der Waals surface area contributed by atoms with Gasteiger partial charge in [0.1, 0.15) is 6.10 Å². The molecular weight excluding hydrogens is 224 g/mol. The molecule has 0 aliphatic carbocycles. The van der Waals surface area contributed by atoms with Crippen LogP contribution >= 0.6 is 0 Å². The second kappa shape index (κ2) is 4.92. The normalized spacial score (nSPS) is 18.9. The highest BCUT2D eigenvalue weighted by Gasteiger charge is 2.24. The molecule has 0 bridgehead atoms. The van der Waals surface area contributed by atoms with Gasteiger partial charge in [0.05, 0.1) is 17.4 Å².